The van der Waals surface area contributed by atoms with E-state index in [2.05, 4.69) is 28.2 Å². The lowest BCUT2D eigenvalue weighted by atomic mass is 9.94. The summed E-state index contributed by atoms with van der Waals surface area (Å²) < 4.78 is 15.1. The van der Waals surface area contributed by atoms with Crippen LogP contribution < -0.4 is 5.32 Å². The molecule has 1 nitrogen and oxygen atoms in total. The molecule has 0 radical (unpaired) electrons. The molecular formula is C17H18BrClFN. The van der Waals surface area contributed by atoms with Crippen LogP contribution in [-0.4, -0.2) is 6.54 Å². The molecule has 0 aliphatic heterocycles. The predicted molar refractivity (Wildman–Crippen MR) is 90.4 cm³/mol. The third kappa shape index (κ3) is 3.65. The van der Waals surface area contributed by atoms with Crippen molar-refractivity contribution in [2.45, 2.75) is 26.3 Å². The van der Waals surface area contributed by atoms with E-state index in [9.17, 15) is 4.39 Å². The molecule has 2 aromatic rings. The monoisotopic (exact) mass is 369 g/mol. The van der Waals surface area contributed by atoms with Gasteiger partial charge in [0.15, 0.2) is 0 Å². The van der Waals surface area contributed by atoms with Gasteiger partial charge in [-0.1, -0.05) is 48.9 Å². The summed E-state index contributed by atoms with van der Waals surface area (Å²) in [5.41, 5.74) is 2.78. The fourth-order valence-corrected chi connectivity index (χ4v) is 2.83. The molecule has 21 heavy (non-hydrogen) atoms. The Morgan fingerprint density at radius 1 is 1.19 bits per heavy atom. The molecule has 0 saturated heterocycles. The van der Waals surface area contributed by atoms with Crippen molar-refractivity contribution in [3.05, 3.63) is 68.4 Å². The highest BCUT2D eigenvalue weighted by Crippen LogP contribution is 2.33. The Labute approximate surface area is 138 Å². The molecule has 0 heterocycles. The third-order valence-corrected chi connectivity index (χ3v) is 4.73. The maximum atomic E-state index is 14.6. The summed E-state index contributed by atoms with van der Waals surface area (Å²) in [6, 6.07) is 11.4. The molecule has 0 bridgehead atoms. The van der Waals surface area contributed by atoms with E-state index < -0.39 is 0 Å². The lowest BCUT2D eigenvalue weighted by molar-refractivity contribution is 0.545. The highest BCUT2D eigenvalue weighted by Gasteiger charge is 2.21. The number of rotatable bonds is 5. The van der Waals surface area contributed by atoms with Crippen molar-refractivity contribution in [1.29, 1.82) is 0 Å². The normalized spacial score (nSPS) is 12.4. The molecule has 0 aromatic heterocycles. The molecule has 2 aromatic carbocycles. The van der Waals surface area contributed by atoms with Crippen molar-refractivity contribution in [3.8, 4) is 0 Å². The van der Waals surface area contributed by atoms with E-state index in [1.54, 1.807) is 12.1 Å². The molecule has 1 N–H and O–H groups in total. The zero-order valence-electron chi connectivity index (χ0n) is 12.1. The van der Waals surface area contributed by atoms with Crippen LogP contribution in [0.4, 0.5) is 4.39 Å². The number of hydrogen-bond donors (Lipinski definition) is 1. The maximum Gasteiger partial charge on any atom is 0.148 e. The van der Waals surface area contributed by atoms with Gasteiger partial charge in [-0.25, -0.2) is 4.39 Å². The summed E-state index contributed by atoms with van der Waals surface area (Å²) in [5, 5.41) is 3.55. The first-order chi connectivity index (χ1) is 10.1. The average Bonchev–Trinajstić information content (AvgIpc) is 2.48. The first-order valence-corrected chi connectivity index (χ1v) is 8.15. The van der Waals surface area contributed by atoms with Crippen molar-refractivity contribution in [2.24, 2.45) is 0 Å². The predicted octanol–water partition coefficient (Wildman–Crippen LogP) is 5.64. The third-order valence-electron chi connectivity index (χ3n) is 3.47. The van der Waals surface area contributed by atoms with Gasteiger partial charge in [0.2, 0.25) is 0 Å². The van der Waals surface area contributed by atoms with Crippen LogP contribution in [0.2, 0.25) is 5.02 Å². The minimum absolute atomic E-state index is 0.129. The van der Waals surface area contributed by atoms with E-state index in [1.807, 2.05) is 31.2 Å². The standard InChI is InChI=1S/C17H18BrClFN/c1-3-10-21-17(12-7-5-4-6-11(12)2)13-8-9-14(18)15(19)16(13)20/h4-9,17,21H,3,10H2,1-2H3. The molecule has 4 heteroatoms. The quantitative estimate of drug-likeness (QED) is 0.672. The van der Waals surface area contributed by atoms with Crippen LogP contribution in [0.25, 0.3) is 0 Å². The summed E-state index contributed by atoms with van der Waals surface area (Å²) in [7, 11) is 0. The van der Waals surface area contributed by atoms with Crippen LogP contribution in [0.15, 0.2) is 40.9 Å². The lowest BCUT2D eigenvalue weighted by Crippen LogP contribution is -2.25. The molecule has 0 aliphatic carbocycles. The molecule has 0 saturated carbocycles. The molecule has 112 valence electrons. The first kappa shape index (κ1) is 16.5. The van der Waals surface area contributed by atoms with E-state index in [-0.39, 0.29) is 16.9 Å². The lowest BCUT2D eigenvalue weighted by Gasteiger charge is -2.22. The Morgan fingerprint density at radius 2 is 1.90 bits per heavy atom. The van der Waals surface area contributed by atoms with Gasteiger partial charge in [0.1, 0.15) is 5.82 Å². The largest absolute Gasteiger partial charge is 0.306 e. The van der Waals surface area contributed by atoms with Gasteiger partial charge in [0.25, 0.3) is 0 Å². The van der Waals surface area contributed by atoms with E-state index in [1.165, 1.54) is 0 Å². The number of halogens is 3. The van der Waals surface area contributed by atoms with E-state index in [0.717, 1.165) is 24.1 Å². The molecule has 0 aliphatic rings. The summed E-state index contributed by atoms with van der Waals surface area (Å²) in [5.74, 6) is -0.372. The summed E-state index contributed by atoms with van der Waals surface area (Å²) in [6.07, 6.45) is 0.980. The van der Waals surface area contributed by atoms with Crippen LogP contribution in [0.1, 0.15) is 36.1 Å². The summed E-state index contributed by atoms with van der Waals surface area (Å²) in [4.78, 5) is 0. The second-order valence-corrected chi connectivity index (χ2v) is 6.24. The molecule has 2 rings (SSSR count). The van der Waals surface area contributed by atoms with Crippen LogP contribution in [0, 0.1) is 12.7 Å². The minimum Gasteiger partial charge on any atom is -0.306 e. The van der Waals surface area contributed by atoms with Crippen molar-refractivity contribution < 1.29 is 4.39 Å². The van der Waals surface area contributed by atoms with Crippen LogP contribution in [-0.2, 0) is 0 Å². The van der Waals surface area contributed by atoms with Crippen LogP contribution in [0.3, 0.4) is 0 Å². The van der Waals surface area contributed by atoms with Crippen LogP contribution in [0.5, 0.6) is 0 Å². The van der Waals surface area contributed by atoms with Gasteiger partial charge < -0.3 is 5.32 Å². The number of benzene rings is 2. The van der Waals surface area contributed by atoms with Crippen molar-refractivity contribution in [3.63, 3.8) is 0 Å². The van der Waals surface area contributed by atoms with Crippen molar-refractivity contribution >= 4 is 27.5 Å². The van der Waals surface area contributed by atoms with Gasteiger partial charge in [-0.3, -0.25) is 0 Å². The number of nitrogens with one attached hydrogen (secondary N) is 1. The smallest absolute Gasteiger partial charge is 0.148 e. The zero-order chi connectivity index (χ0) is 15.4. The van der Waals surface area contributed by atoms with Gasteiger partial charge >= 0.3 is 0 Å². The summed E-state index contributed by atoms with van der Waals surface area (Å²) in [6.45, 7) is 4.94. The fraction of sp³-hybridized carbons (Fsp3) is 0.294. The van der Waals surface area contributed by atoms with Crippen molar-refractivity contribution in [2.75, 3.05) is 6.54 Å². The Balaban J connectivity index is 2.51. The molecule has 1 unspecified atom stereocenters. The second kappa shape index (κ2) is 7.39. The number of hydrogen-bond acceptors (Lipinski definition) is 1. The van der Waals surface area contributed by atoms with Crippen LogP contribution >= 0.6 is 27.5 Å². The van der Waals surface area contributed by atoms with Gasteiger partial charge in [-0.05, 0) is 53.0 Å². The molecule has 0 amide bonds. The zero-order valence-corrected chi connectivity index (χ0v) is 14.4. The minimum atomic E-state index is -0.372. The molecule has 1 atom stereocenters. The van der Waals surface area contributed by atoms with E-state index in [4.69, 9.17) is 11.6 Å². The highest BCUT2D eigenvalue weighted by atomic mass is 79.9. The topological polar surface area (TPSA) is 12.0 Å². The van der Waals surface area contributed by atoms with Gasteiger partial charge in [0.05, 0.1) is 11.1 Å². The van der Waals surface area contributed by atoms with Gasteiger partial charge in [-0.2, -0.15) is 0 Å². The average molecular weight is 371 g/mol. The SMILES string of the molecule is CCCNC(c1ccccc1C)c1ccc(Br)c(Cl)c1F. The maximum absolute atomic E-state index is 14.6. The molecule has 0 fully saturated rings. The highest BCUT2D eigenvalue weighted by molar-refractivity contribution is 9.10. The molecular weight excluding hydrogens is 353 g/mol. The Morgan fingerprint density at radius 3 is 2.57 bits per heavy atom. The van der Waals surface area contributed by atoms with E-state index in [0.29, 0.717) is 10.0 Å². The van der Waals surface area contributed by atoms with E-state index >= 15 is 0 Å². The number of aryl methyl sites for hydroxylation is 1. The summed E-state index contributed by atoms with van der Waals surface area (Å²) >= 11 is 9.30. The van der Waals surface area contributed by atoms with Gasteiger partial charge in [-0.15, -0.1) is 0 Å². The Hall–Kier alpha value is -0.900. The Bertz CT molecular complexity index is 630. The fourth-order valence-electron chi connectivity index (χ4n) is 2.35. The first-order valence-electron chi connectivity index (χ1n) is 6.98. The second-order valence-electron chi connectivity index (χ2n) is 5.01. The Kier molecular flexibility index (Phi) is 5.80. The van der Waals surface area contributed by atoms with Gasteiger partial charge in [0, 0.05) is 10.0 Å². The molecule has 0 spiro atoms. The van der Waals surface area contributed by atoms with Crippen molar-refractivity contribution in [1.82, 2.24) is 5.32 Å².